The highest BCUT2D eigenvalue weighted by atomic mass is 19.1. The highest BCUT2D eigenvalue weighted by molar-refractivity contribution is 5.84. The summed E-state index contributed by atoms with van der Waals surface area (Å²) in [5.74, 6) is -1.05. The van der Waals surface area contributed by atoms with Gasteiger partial charge in [-0.25, -0.2) is 13.8 Å². The molecule has 0 saturated heterocycles. The summed E-state index contributed by atoms with van der Waals surface area (Å²) in [6.45, 7) is 1.74. The Morgan fingerprint density at radius 1 is 1.03 bits per heavy atom. The molecule has 0 atom stereocenters. The van der Waals surface area contributed by atoms with Crippen molar-refractivity contribution in [3.63, 3.8) is 0 Å². The average molecular weight is 462 g/mol. The SMILES string of the molecule is CCc1nc2c(F)ccc(C#N)c2c(=O)n1-c1cncc(F)c1.N#Cc1c(N)nc(N)nc1N. The molecule has 0 aliphatic heterocycles. The molecule has 0 radical (unpaired) electrons. The summed E-state index contributed by atoms with van der Waals surface area (Å²) in [4.78, 5) is 27.8. The van der Waals surface area contributed by atoms with Crippen molar-refractivity contribution in [3.8, 4) is 17.8 Å². The predicted molar refractivity (Wildman–Crippen MR) is 119 cm³/mol. The van der Waals surface area contributed by atoms with Crippen molar-refractivity contribution >= 4 is 28.5 Å². The Morgan fingerprint density at radius 2 is 1.71 bits per heavy atom. The molecule has 4 aromatic rings. The number of anilines is 3. The Morgan fingerprint density at radius 3 is 2.26 bits per heavy atom. The lowest BCUT2D eigenvalue weighted by atomic mass is 10.1. The number of fused-ring (bicyclic) bond motifs is 1. The lowest BCUT2D eigenvalue weighted by Crippen LogP contribution is -2.25. The largest absolute Gasteiger partial charge is 0.382 e. The van der Waals surface area contributed by atoms with Gasteiger partial charge in [-0.05, 0) is 12.1 Å². The van der Waals surface area contributed by atoms with Gasteiger partial charge in [0.1, 0.15) is 52.3 Å². The fourth-order valence-electron chi connectivity index (χ4n) is 3.05. The van der Waals surface area contributed by atoms with E-state index in [0.717, 1.165) is 22.9 Å². The number of nitrogen functional groups attached to an aromatic ring is 3. The molecule has 0 fully saturated rings. The summed E-state index contributed by atoms with van der Waals surface area (Å²) >= 11 is 0. The van der Waals surface area contributed by atoms with Crippen LogP contribution in [0.2, 0.25) is 0 Å². The molecular formula is C21H16F2N10O. The van der Waals surface area contributed by atoms with Crippen LogP contribution in [0.15, 0.2) is 35.4 Å². The van der Waals surface area contributed by atoms with Gasteiger partial charge in [0.25, 0.3) is 5.56 Å². The first kappa shape index (κ1) is 23.5. The van der Waals surface area contributed by atoms with Crippen molar-refractivity contribution in [2.45, 2.75) is 13.3 Å². The number of nitrogens with zero attached hydrogens (tertiary/aromatic N) is 7. The number of hydrogen-bond acceptors (Lipinski definition) is 10. The first-order valence-electron chi connectivity index (χ1n) is 9.55. The molecule has 11 nitrogen and oxygen atoms in total. The molecule has 4 rings (SSSR count). The molecule has 0 bridgehead atoms. The van der Waals surface area contributed by atoms with E-state index in [-0.39, 0.29) is 51.1 Å². The first-order chi connectivity index (χ1) is 16.2. The van der Waals surface area contributed by atoms with Gasteiger partial charge in [-0.2, -0.15) is 20.5 Å². The van der Waals surface area contributed by atoms with Crippen molar-refractivity contribution in [2.24, 2.45) is 0 Å². The fraction of sp³-hybridized carbons (Fsp3) is 0.0952. The molecule has 6 N–H and O–H groups in total. The van der Waals surface area contributed by atoms with Gasteiger partial charge < -0.3 is 17.2 Å². The molecule has 0 amide bonds. The van der Waals surface area contributed by atoms with Crippen LogP contribution in [0.5, 0.6) is 0 Å². The highest BCUT2D eigenvalue weighted by Gasteiger charge is 2.18. The summed E-state index contributed by atoms with van der Waals surface area (Å²) in [6, 6.07) is 7.07. The molecule has 3 aromatic heterocycles. The molecule has 0 spiro atoms. The van der Waals surface area contributed by atoms with Crippen molar-refractivity contribution < 1.29 is 8.78 Å². The number of hydrogen-bond donors (Lipinski definition) is 3. The van der Waals surface area contributed by atoms with Crippen molar-refractivity contribution in [1.82, 2.24) is 24.5 Å². The third-order valence-electron chi connectivity index (χ3n) is 4.52. The molecule has 34 heavy (non-hydrogen) atoms. The van der Waals surface area contributed by atoms with Gasteiger partial charge >= 0.3 is 0 Å². The van der Waals surface area contributed by atoms with Gasteiger partial charge in [-0.3, -0.25) is 14.3 Å². The van der Waals surface area contributed by atoms with Crippen LogP contribution in [0.3, 0.4) is 0 Å². The maximum Gasteiger partial charge on any atom is 0.267 e. The fourth-order valence-corrected chi connectivity index (χ4v) is 3.05. The second-order valence-corrected chi connectivity index (χ2v) is 6.65. The topological polar surface area (TPSA) is 199 Å². The first-order valence-corrected chi connectivity index (χ1v) is 9.55. The molecule has 3 heterocycles. The van der Waals surface area contributed by atoms with Crippen LogP contribution in [0.4, 0.5) is 26.4 Å². The number of aryl methyl sites for hydroxylation is 1. The van der Waals surface area contributed by atoms with Gasteiger partial charge in [0.15, 0.2) is 0 Å². The van der Waals surface area contributed by atoms with Crippen LogP contribution in [-0.2, 0) is 6.42 Å². The third-order valence-corrected chi connectivity index (χ3v) is 4.52. The Balaban J connectivity index is 0.000000248. The van der Waals surface area contributed by atoms with E-state index in [9.17, 15) is 13.6 Å². The number of nitriles is 2. The summed E-state index contributed by atoms with van der Waals surface area (Å²) in [5.41, 5.74) is 15.3. The van der Waals surface area contributed by atoms with E-state index < -0.39 is 17.2 Å². The number of rotatable bonds is 2. The van der Waals surface area contributed by atoms with Crippen LogP contribution in [0.1, 0.15) is 23.9 Å². The molecule has 0 aliphatic rings. The number of aromatic nitrogens is 5. The monoisotopic (exact) mass is 462 g/mol. The summed E-state index contributed by atoms with van der Waals surface area (Å²) < 4.78 is 28.6. The minimum Gasteiger partial charge on any atom is -0.382 e. The van der Waals surface area contributed by atoms with Crippen LogP contribution in [0, 0.1) is 34.3 Å². The van der Waals surface area contributed by atoms with Gasteiger partial charge in [0.2, 0.25) is 5.95 Å². The molecule has 0 unspecified atom stereocenters. The maximum atomic E-state index is 14.0. The summed E-state index contributed by atoms with van der Waals surface area (Å²) in [6.07, 6.45) is 2.63. The van der Waals surface area contributed by atoms with E-state index in [1.165, 1.54) is 12.3 Å². The van der Waals surface area contributed by atoms with Crippen LogP contribution in [-0.4, -0.2) is 24.5 Å². The third kappa shape index (κ3) is 4.39. The number of benzene rings is 1. The predicted octanol–water partition coefficient (Wildman–Crippen LogP) is 1.59. The minimum atomic E-state index is -0.685. The molecule has 170 valence electrons. The number of halogens is 2. The second-order valence-electron chi connectivity index (χ2n) is 6.65. The Bertz CT molecular complexity index is 1530. The Kier molecular flexibility index (Phi) is 6.59. The molecule has 1 aromatic carbocycles. The number of nitrogens with two attached hydrogens (primary N) is 3. The molecular weight excluding hydrogens is 446 g/mol. The van der Waals surface area contributed by atoms with E-state index >= 15 is 0 Å². The average Bonchev–Trinajstić information content (AvgIpc) is 2.79. The molecule has 13 heteroatoms. The standard InChI is InChI=1S/C16H10F2N4O.C5H6N6/c1-2-13-21-15-12(18)4-3-9(6-19)14(15)16(23)22(13)11-5-10(17)7-20-8-11;6-1-2-3(7)10-5(9)11-4(2)8/h3-5,7-8H,2H2,1H3;(H6,7,8,9,10,11). The lowest BCUT2D eigenvalue weighted by Gasteiger charge is -2.13. The van der Waals surface area contributed by atoms with E-state index in [4.69, 9.17) is 27.7 Å². The quantitative estimate of drug-likeness (QED) is 0.393. The normalized spacial score (nSPS) is 10.1. The zero-order chi connectivity index (χ0) is 25.0. The van der Waals surface area contributed by atoms with E-state index in [0.29, 0.717) is 6.42 Å². The maximum absolute atomic E-state index is 14.0. The minimum absolute atomic E-state index is 0.0116. The number of pyridine rings is 1. The summed E-state index contributed by atoms with van der Waals surface area (Å²) in [7, 11) is 0. The van der Waals surface area contributed by atoms with Gasteiger partial charge in [-0.1, -0.05) is 6.92 Å². The Labute approximate surface area is 190 Å². The second kappa shape index (κ2) is 9.54. The smallest absolute Gasteiger partial charge is 0.267 e. The van der Waals surface area contributed by atoms with E-state index in [2.05, 4.69) is 19.9 Å². The zero-order valence-electron chi connectivity index (χ0n) is 17.6. The van der Waals surface area contributed by atoms with Crippen molar-refractivity contribution in [2.75, 3.05) is 17.2 Å². The Hall–Kier alpha value is -5.17. The highest BCUT2D eigenvalue weighted by Crippen LogP contribution is 2.19. The summed E-state index contributed by atoms with van der Waals surface area (Å²) in [5, 5.41) is 17.5. The van der Waals surface area contributed by atoms with Gasteiger partial charge in [0.05, 0.1) is 29.0 Å². The molecule has 0 aliphatic carbocycles. The van der Waals surface area contributed by atoms with Crippen molar-refractivity contribution in [1.29, 1.82) is 10.5 Å². The zero-order valence-corrected chi connectivity index (χ0v) is 17.6. The van der Waals surface area contributed by atoms with Crippen molar-refractivity contribution in [3.05, 3.63) is 69.5 Å². The van der Waals surface area contributed by atoms with E-state index in [1.54, 1.807) is 13.0 Å². The van der Waals surface area contributed by atoms with Gasteiger partial charge in [0, 0.05) is 12.5 Å². The van der Waals surface area contributed by atoms with Crippen LogP contribution >= 0.6 is 0 Å². The van der Waals surface area contributed by atoms with Crippen LogP contribution < -0.4 is 22.8 Å². The molecule has 0 saturated carbocycles. The van der Waals surface area contributed by atoms with Crippen LogP contribution in [0.25, 0.3) is 16.6 Å². The van der Waals surface area contributed by atoms with Gasteiger partial charge in [-0.15, -0.1) is 0 Å². The lowest BCUT2D eigenvalue weighted by molar-refractivity contribution is 0.618. The van der Waals surface area contributed by atoms with E-state index in [1.807, 2.05) is 6.07 Å².